The first-order valence-corrected chi connectivity index (χ1v) is 11.4. The number of aliphatic hydroxyl groups is 1. The van der Waals surface area contributed by atoms with Gasteiger partial charge in [0.15, 0.2) is 16.8 Å². The number of fused-ring (bicyclic) bond motifs is 1. The Kier molecular flexibility index (Phi) is 8.04. The first kappa shape index (κ1) is 26.5. The van der Waals surface area contributed by atoms with Gasteiger partial charge in [-0.1, -0.05) is 11.6 Å². The van der Waals surface area contributed by atoms with Gasteiger partial charge in [-0.05, 0) is 45.2 Å². The second-order valence-corrected chi connectivity index (χ2v) is 9.33. The van der Waals surface area contributed by atoms with E-state index in [9.17, 15) is 19.5 Å². The summed E-state index contributed by atoms with van der Waals surface area (Å²) in [5.74, 6) is -0.0220. The molecule has 35 heavy (non-hydrogen) atoms. The number of carbonyl (C=O) groups excluding carboxylic acids is 1. The summed E-state index contributed by atoms with van der Waals surface area (Å²) in [6, 6.07) is 6.69. The molecule has 0 amide bonds. The third-order valence-corrected chi connectivity index (χ3v) is 5.78. The second-order valence-electron chi connectivity index (χ2n) is 8.89. The van der Waals surface area contributed by atoms with E-state index in [1.807, 2.05) is 0 Å². The maximum Gasteiger partial charge on any atom is 0.349 e. The Morgan fingerprint density at radius 3 is 2.51 bits per heavy atom. The molecule has 1 unspecified atom stereocenters. The molecule has 1 aromatic carbocycles. The van der Waals surface area contributed by atoms with Crippen molar-refractivity contribution in [1.29, 1.82) is 0 Å². The van der Waals surface area contributed by atoms with E-state index in [2.05, 4.69) is 4.98 Å². The molecule has 190 valence electrons. The number of imidazole rings is 1. The van der Waals surface area contributed by atoms with Crippen LogP contribution in [-0.2, 0) is 30.2 Å². The Morgan fingerprint density at radius 1 is 1.20 bits per heavy atom. The minimum atomic E-state index is -1.19. The molecule has 12 heteroatoms. The smallest absolute Gasteiger partial charge is 0.349 e. The highest BCUT2D eigenvalue weighted by Gasteiger charge is 2.32. The zero-order chi connectivity index (χ0) is 25.9. The highest BCUT2D eigenvalue weighted by molar-refractivity contribution is 6.30. The average molecular weight is 508 g/mol. The number of aryl methyl sites for hydroxylation is 1. The van der Waals surface area contributed by atoms with E-state index in [0.717, 1.165) is 4.57 Å². The van der Waals surface area contributed by atoms with E-state index < -0.39 is 28.9 Å². The maximum atomic E-state index is 12.5. The Labute approximate surface area is 207 Å². The molecule has 0 spiro atoms. The number of aromatic nitrogens is 4. The van der Waals surface area contributed by atoms with Gasteiger partial charge in [-0.25, -0.2) is 14.6 Å². The lowest BCUT2D eigenvalue weighted by Crippen LogP contribution is -2.41. The number of hydrogen-bond donors (Lipinski definition) is 1. The van der Waals surface area contributed by atoms with Gasteiger partial charge in [-0.2, -0.15) is 0 Å². The summed E-state index contributed by atoms with van der Waals surface area (Å²) >= 11 is 5.87. The van der Waals surface area contributed by atoms with Crippen LogP contribution in [0.5, 0.6) is 5.75 Å². The number of aliphatic hydroxyl groups excluding tert-OH is 1. The molecule has 2 aromatic heterocycles. The molecule has 0 bridgehead atoms. The third-order valence-electron chi connectivity index (χ3n) is 5.53. The first-order chi connectivity index (χ1) is 16.4. The van der Waals surface area contributed by atoms with Crippen LogP contribution in [0.25, 0.3) is 11.2 Å². The molecule has 3 rings (SSSR count). The lowest BCUT2D eigenvalue weighted by molar-refractivity contribution is -0.159. The number of nitrogens with zero attached hydrogens (tertiary/aromatic N) is 5. The number of hydrogen-bond acceptors (Lipinski definition) is 8. The van der Waals surface area contributed by atoms with Crippen molar-refractivity contribution in [3.8, 4) is 5.75 Å². The number of benzene rings is 1. The van der Waals surface area contributed by atoms with Gasteiger partial charge in [-0.15, -0.1) is 0 Å². The molecule has 2 heterocycles. The summed E-state index contributed by atoms with van der Waals surface area (Å²) in [4.78, 5) is 43.0. The molecule has 1 N–H and O–H groups in total. The SMILES string of the molecule is CN(CCOC(=O)C(C)(C)Oc1ccc(Cl)cc1)CC(O)Cn1cnc2c1c(=O)n(C)c(=O)n2C. The van der Waals surface area contributed by atoms with Gasteiger partial charge in [0.2, 0.25) is 0 Å². The topological polar surface area (TPSA) is 121 Å². The zero-order valence-corrected chi connectivity index (χ0v) is 21.2. The lowest BCUT2D eigenvalue weighted by atomic mass is 10.1. The predicted octanol–water partition coefficient (Wildman–Crippen LogP) is 0.781. The summed E-state index contributed by atoms with van der Waals surface area (Å²) in [6.07, 6.45) is 0.596. The molecule has 0 aliphatic carbocycles. The quantitative estimate of drug-likeness (QED) is 0.400. The molecular weight excluding hydrogens is 478 g/mol. The van der Waals surface area contributed by atoms with Crippen molar-refractivity contribution in [2.24, 2.45) is 14.1 Å². The second kappa shape index (κ2) is 10.6. The molecule has 1 atom stereocenters. The zero-order valence-electron chi connectivity index (χ0n) is 20.4. The van der Waals surface area contributed by atoms with Crippen molar-refractivity contribution >= 4 is 28.7 Å². The number of carbonyl (C=O) groups is 1. The van der Waals surface area contributed by atoms with Crippen LogP contribution >= 0.6 is 11.6 Å². The van der Waals surface area contributed by atoms with Crippen LogP contribution in [0.15, 0.2) is 40.2 Å². The molecule has 0 saturated heterocycles. The molecule has 0 fully saturated rings. The van der Waals surface area contributed by atoms with E-state index >= 15 is 0 Å². The summed E-state index contributed by atoms with van der Waals surface area (Å²) < 4.78 is 14.9. The monoisotopic (exact) mass is 507 g/mol. The highest BCUT2D eigenvalue weighted by atomic mass is 35.5. The Bertz CT molecular complexity index is 1310. The molecular formula is C23H30ClN5O6. The Morgan fingerprint density at radius 2 is 1.86 bits per heavy atom. The largest absolute Gasteiger partial charge is 0.476 e. The van der Waals surface area contributed by atoms with Crippen molar-refractivity contribution in [1.82, 2.24) is 23.6 Å². The third kappa shape index (κ3) is 6.11. The first-order valence-electron chi connectivity index (χ1n) is 11.0. The summed E-state index contributed by atoms with van der Waals surface area (Å²) in [5.41, 5.74) is -1.64. The summed E-state index contributed by atoms with van der Waals surface area (Å²) in [6.45, 7) is 4.08. The number of ether oxygens (including phenoxy) is 2. The van der Waals surface area contributed by atoms with Gasteiger partial charge in [-0.3, -0.25) is 13.9 Å². The number of rotatable bonds is 10. The minimum absolute atomic E-state index is 0.103. The molecule has 0 saturated carbocycles. The number of likely N-dealkylation sites (N-methyl/N-ethyl adjacent to an activating group) is 1. The van der Waals surface area contributed by atoms with Crippen LogP contribution in [0.3, 0.4) is 0 Å². The molecule has 11 nitrogen and oxygen atoms in total. The van der Waals surface area contributed by atoms with Crippen LogP contribution < -0.4 is 16.0 Å². The lowest BCUT2D eigenvalue weighted by Gasteiger charge is -2.25. The average Bonchev–Trinajstić information content (AvgIpc) is 3.21. The van der Waals surface area contributed by atoms with Gasteiger partial charge >= 0.3 is 11.7 Å². The number of halogens is 1. The Hall–Kier alpha value is -3.15. The van der Waals surface area contributed by atoms with Crippen LogP contribution in [0.4, 0.5) is 0 Å². The van der Waals surface area contributed by atoms with Gasteiger partial charge in [0.25, 0.3) is 5.56 Å². The van der Waals surface area contributed by atoms with Crippen LogP contribution in [0.1, 0.15) is 13.8 Å². The van der Waals surface area contributed by atoms with Gasteiger partial charge in [0, 0.05) is 32.2 Å². The summed E-state index contributed by atoms with van der Waals surface area (Å²) in [5, 5.41) is 11.1. The van der Waals surface area contributed by atoms with E-state index in [1.165, 1.54) is 29.6 Å². The van der Waals surface area contributed by atoms with Crippen molar-refractivity contribution in [2.45, 2.75) is 32.1 Å². The van der Waals surface area contributed by atoms with Gasteiger partial charge in [0.05, 0.1) is 19.0 Å². The Balaban J connectivity index is 1.51. The van der Waals surface area contributed by atoms with Gasteiger partial charge < -0.3 is 24.0 Å². The maximum absolute atomic E-state index is 12.5. The fraction of sp³-hybridized carbons (Fsp3) is 0.478. The van der Waals surface area contributed by atoms with Crippen molar-refractivity contribution in [2.75, 3.05) is 26.7 Å². The highest BCUT2D eigenvalue weighted by Crippen LogP contribution is 2.21. The number of esters is 1. The predicted molar refractivity (Wildman–Crippen MR) is 131 cm³/mol. The molecule has 3 aromatic rings. The van der Waals surface area contributed by atoms with Crippen LogP contribution in [-0.4, -0.2) is 73.1 Å². The fourth-order valence-electron chi connectivity index (χ4n) is 3.58. The molecule has 0 aliphatic heterocycles. The van der Waals surface area contributed by atoms with E-state index in [4.69, 9.17) is 21.1 Å². The van der Waals surface area contributed by atoms with Crippen molar-refractivity contribution in [3.05, 3.63) is 56.5 Å². The molecule has 0 aliphatic rings. The molecule has 0 radical (unpaired) electrons. The minimum Gasteiger partial charge on any atom is -0.476 e. The van der Waals surface area contributed by atoms with Crippen LogP contribution in [0.2, 0.25) is 5.02 Å². The normalized spacial score (nSPS) is 12.8. The van der Waals surface area contributed by atoms with Crippen molar-refractivity contribution < 1.29 is 19.4 Å². The van der Waals surface area contributed by atoms with Gasteiger partial charge in [0.1, 0.15) is 12.4 Å². The van der Waals surface area contributed by atoms with Crippen molar-refractivity contribution in [3.63, 3.8) is 0 Å². The summed E-state index contributed by atoms with van der Waals surface area (Å²) in [7, 11) is 4.71. The van der Waals surface area contributed by atoms with Crippen LogP contribution in [0, 0.1) is 0 Å². The standard InChI is InChI=1S/C23H30ClN5O6/c1-23(2,35-17-8-6-15(24)7-9-17)21(32)34-11-10-26(3)12-16(30)13-29-14-25-19-18(29)20(31)28(5)22(33)27(19)4/h6-9,14,16,30H,10-13H2,1-5H3. The fourth-order valence-corrected chi connectivity index (χ4v) is 3.70. The van der Waals surface area contributed by atoms with E-state index in [0.29, 0.717) is 17.3 Å². The van der Waals surface area contributed by atoms with E-state index in [1.54, 1.807) is 50.1 Å². The van der Waals surface area contributed by atoms with E-state index in [-0.39, 0.29) is 30.9 Å².